The van der Waals surface area contributed by atoms with Crippen LogP contribution in [-0.2, 0) is 9.59 Å². The fourth-order valence-corrected chi connectivity index (χ4v) is 2.18. The summed E-state index contributed by atoms with van der Waals surface area (Å²) in [6.45, 7) is 7.09. The van der Waals surface area contributed by atoms with Gasteiger partial charge in [-0.25, -0.2) is 0 Å². The molecule has 0 aliphatic carbocycles. The van der Waals surface area contributed by atoms with Crippen molar-refractivity contribution in [2.24, 2.45) is 5.41 Å². The zero-order valence-corrected chi connectivity index (χ0v) is 16.0. The summed E-state index contributed by atoms with van der Waals surface area (Å²) in [5.74, 6) is -0.780. The molecule has 1 unspecified atom stereocenters. The first-order chi connectivity index (χ1) is 12.7. The topological polar surface area (TPSA) is 87.3 Å². The van der Waals surface area contributed by atoms with Crippen molar-refractivity contribution in [3.8, 4) is 0 Å². The lowest BCUT2D eigenvalue weighted by Gasteiger charge is -2.18. The van der Waals surface area contributed by atoms with Crippen molar-refractivity contribution in [2.45, 2.75) is 33.7 Å². The first-order valence-electron chi connectivity index (χ1n) is 8.75. The second-order valence-corrected chi connectivity index (χ2v) is 7.34. The Balaban J connectivity index is 1.98. The van der Waals surface area contributed by atoms with Crippen molar-refractivity contribution < 1.29 is 14.4 Å². The summed E-state index contributed by atoms with van der Waals surface area (Å²) < 4.78 is 0. The second kappa shape index (κ2) is 8.49. The second-order valence-electron chi connectivity index (χ2n) is 7.34. The fraction of sp³-hybridized carbons (Fsp3) is 0.286. The Morgan fingerprint density at radius 3 is 2.04 bits per heavy atom. The third-order valence-electron chi connectivity index (χ3n) is 3.85. The smallest absolute Gasteiger partial charge is 0.251 e. The van der Waals surface area contributed by atoms with E-state index >= 15 is 0 Å². The van der Waals surface area contributed by atoms with Crippen molar-refractivity contribution in [3.63, 3.8) is 0 Å². The lowest BCUT2D eigenvalue weighted by Crippen LogP contribution is -2.41. The molecule has 0 bridgehead atoms. The number of amides is 3. The summed E-state index contributed by atoms with van der Waals surface area (Å²) in [6, 6.07) is 14.9. The number of hydrogen-bond acceptors (Lipinski definition) is 3. The third-order valence-corrected chi connectivity index (χ3v) is 3.85. The molecule has 3 N–H and O–H groups in total. The normalized spacial score (nSPS) is 12.0. The number of anilines is 2. The molecule has 0 spiro atoms. The van der Waals surface area contributed by atoms with Gasteiger partial charge in [0.15, 0.2) is 0 Å². The van der Waals surface area contributed by atoms with Crippen LogP contribution >= 0.6 is 0 Å². The number of benzene rings is 2. The molecule has 2 rings (SSSR count). The number of nitrogens with one attached hydrogen (secondary N) is 3. The summed E-state index contributed by atoms with van der Waals surface area (Å²) in [6.07, 6.45) is 0. The van der Waals surface area contributed by atoms with Crippen LogP contribution in [0.15, 0.2) is 54.6 Å². The SMILES string of the molecule is CC(NC(=O)c1ccccc1)C(=O)Nc1cccc(NC(=O)C(C)(C)C)c1. The maximum absolute atomic E-state index is 12.4. The average Bonchev–Trinajstić information content (AvgIpc) is 2.61. The highest BCUT2D eigenvalue weighted by Gasteiger charge is 2.21. The van der Waals surface area contributed by atoms with Gasteiger partial charge in [0.1, 0.15) is 6.04 Å². The first kappa shape index (κ1) is 20.2. The van der Waals surface area contributed by atoms with Crippen LogP contribution < -0.4 is 16.0 Å². The molecule has 3 amide bonds. The zero-order chi connectivity index (χ0) is 20.0. The van der Waals surface area contributed by atoms with Gasteiger partial charge in [-0.1, -0.05) is 45.0 Å². The summed E-state index contributed by atoms with van der Waals surface area (Å²) in [5, 5.41) is 8.23. The van der Waals surface area contributed by atoms with Crippen LogP contribution in [0.3, 0.4) is 0 Å². The van der Waals surface area contributed by atoms with Crippen LogP contribution in [0.5, 0.6) is 0 Å². The summed E-state index contributed by atoms with van der Waals surface area (Å²) in [4.78, 5) is 36.6. The van der Waals surface area contributed by atoms with E-state index in [4.69, 9.17) is 0 Å². The van der Waals surface area contributed by atoms with Gasteiger partial charge < -0.3 is 16.0 Å². The van der Waals surface area contributed by atoms with Crippen molar-refractivity contribution in [3.05, 3.63) is 60.2 Å². The summed E-state index contributed by atoms with van der Waals surface area (Å²) in [5.41, 5.74) is 1.10. The molecule has 2 aromatic carbocycles. The van der Waals surface area contributed by atoms with E-state index < -0.39 is 11.5 Å². The van der Waals surface area contributed by atoms with E-state index in [0.717, 1.165) is 0 Å². The van der Waals surface area contributed by atoms with Crippen molar-refractivity contribution in [2.75, 3.05) is 10.6 Å². The van der Waals surface area contributed by atoms with E-state index in [1.54, 1.807) is 55.5 Å². The highest BCUT2D eigenvalue weighted by molar-refractivity contribution is 6.01. The summed E-state index contributed by atoms with van der Waals surface area (Å²) >= 11 is 0. The molecule has 27 heavy (non-hydrogen) atoms. The number of carbonyl (C=O) groups is 3. The van der Waals surface area contributed by atoms with E-state index in [0.29, 0.717) is 16.9 Å². The highest BCUT2D eigenvalue weighted by atomic mass is 16.2. The van der Waals surface area contributed by atoms with Gasteiger partial charge in [-0.15, -0.1) is 0 Å². The van der Waals surface area contributed by atoms with Crippen LogP contribution in [0.25, 0.3) is 0 Å². The Morgan fingerprint density at radius 2 is 1.44 bits per heavy atom. The fourth-order valence-electron chi connectivity index (χ4n) is 2.18. The third kappa shape index (κ3) is 5.95. The minimum absolute atomic E-state index is 0.116. The molecule has 6 heteroatoms. The molecule has 0 radical (unpaired) electrons. The molecule has 0 saturated carbocycles. The Kier molecular flexibility index (Phi) is 6.34. The van der Waals surface area contributed by atoms with Crippen molar-refractivity contribution >= 4 is 29.1 Å². The molecular weight excluding hydrogens is 342 g/mol. The van der Waals surface area contributed by atoms with E-state index in [-0.39, 0.29) is 17.7 Å². The maximum atomic E-state index is 12.4. The van der Waals surface area contributed by atoms with Gasteiger partial charge in [0.05, 0.1) is 0 Å². The molecule has 0 fully saturated rings. The molecule has 0 saturated heterocycles. The van der Waals surface area contributed by atoms with Crippen LogP contribution in [0, 0.1) is 5.41 Å². The predicted octanol–water partition coefficient (Wildman–Crippen LogP) is 3.43. The van der Waals surface area contributed by atoms with Crippen LogP contribution in [0.4, 0.5) is 11.4 Å². The van der Waals surface area contributed by atoms with Gasteiger partial charge in [-0.3, -0.25) is 14.4 Å². The van der Waals surface area contributed by atoms with E-state index in [1.165, 1.54) is 0 Å². The molecule has 2 aromatic rings. The Labute approximate surface area is 159 Å². The maximum Gasteiger partial charge on any atom is 0.251 e. The molecule has 142 valence electrons. The Bertz CT molecular complexity index is 826. The number of rotatable bonds is 5. The molecule has 0 aliphatic rings. The minimum Gasteiger partial charge on any atom is -0.341 e. The van der Waals surface area contributed by atoms with E-state index in [2.05, 4.69) is 16.0 Å². The van der Waals surface area contributed by atoms with Gasteiger partial charge in [-0.05, 0) is 37.3 Å². The first-order valence-corrected chi connectivity index (χ1v) is 8.75. The standard InChI is InChI=1S/C21H25N3O3/c1-14(22-19(26)15-9-6-5-7-10-15)18(25)23-16-11-8-12-17(13-16)24-20(27)21(2,3)4/h5-14H,1-4H3,(H,22,26)(H,23,25)(H,24,27). The zero-order valence-electron chi connectivity index (χ0n) is 16.0. The summed E-state index contributed by atoms with van der Waals surface area (Å²) in [7, 11) is 0. The van der Waals surface area contributed by atoms with Crippen LogP contribution in [0.1, 0.15) is 38.1 Å². The monoisotopic (exact) mass is 367 g/mol. The van der Waals surface area contributed by atoms with E-state index in [1.807, 2.05) is 26.8 Å². The average molecular weight is 367 g/mol. The highest BCUT2D eigenvalue weighted by Crippen LogP contribution is 2.20. The van der Waals surface area contributed by atoms with Crippen LogP contribution in [0.2, 0.25) is 0 Å². The molecule has 1 atom stereocenters. The van der Waals surface area contributed by atoms with Crippen molar-refractivity contribution in [1.29, 1.82) is 0 Å². The van der Waals surface area contributed by atoms with Gasteiger partial charge in [0.25, 0.3) is 5.91 Å². The van der Waals surface area contributed by atoms with Crippen LogP contribution in [-0.4, -0.2) is 23.8 Å². The largest absolute Gasteiger partial charge is 0.341 e. The molecule has 0 aromatic heterocycles. The lowest BCUT2D eigenvalue weighted by atomic mass is 9.95. The van der Waals surface area contributed by atoms with Crippen molar-refractivity contribution in [1.82, 2.24) is 5.32 Å². The Hall–Kier alpha value is -3.15. The lowest BCUT2D eigenvalue weighted by molar-refractivity contribution is -0.123. The predicted molar refractivity (Wildman–Crippen MR) is 107 cm³/mol. The number of hydrogen-bond donors (Lipinski definition) is 3. The minimum atomic E-state index is -0.717. The molecular formula is C21H25N3O3. The molecule has 0 aliphatic heterocycles. The quantitative estimate of drug-likeness (QED) is 0.757. The van der Waals surface area contributed by atoms with Gasteiger partial charge in [0, 0.05) is 22.4 Å². The molecule has 6 nitrogen and oxygen atoms in total. The molecule has 0 heterocycles. The van der Waals surface area contributed by atoms with Gasteiger partial charge in [-0.2, -0.15) is 0 Å². The van der Waals surface area contributed by atoms with Gasteiger partial charge >= 0.3 is 0 Å². The van der Waals surface area contributed by atoms with E-state index in [9.17, 15) is 14.4 Å². The number of carbonyl (C=O) groups excluding carboxylic acids is 3. The van der Waals surface area contributed by atoms with Gasteiger partial charge in [0.2, 0.25) is 11.8 Å². The Morgan fingerprint density at radius 1 is 0.852 bits per heavy atom.